The highest BCUT2D eigenvalue weighted by molar-refractivity contribution is 8.00. The van der Waals surface area contributed by atoms with Crippen LogP contribution in [0.5, 0.6) is 5.95 Å². The van der Waals surface area contributed by atoms with Gasteiger partial charge in [-0.2, -0.15) is 13.2 Å². The summed E-state index contributed by atoms with van der Waals surface area (Å²) in [5.41, 5.74) is 4.90. The normalized spacial score (nSPS) is 18.7. The van der Waals surface area contributed by atoms with E-state index in [1.54, 1.807) is 0 Å². The van der Waals surface area contributed by atoms with Crippen molar-refractivity contribution in [1.29, 1.82) is 0 Å². The number of methoxy groups -OCH3 is 1. The minimum Gasteiger partial charge on any atom is -0.466 e. The number of hydrogen-bond acceptors (Lipinski definition) is 16. The number of aryl methyl sites for hydroxylation is 1. The fraction of sp³-hybridized carbons (Fsp3) is 0.318. The van der Waals surface area contributed by atoms with Crippen LogP contribution in [0, 0.1) is 6.92 Å². The number of anilines is 1. The average Bonchev–Trinajstić information content (AvgIpc) is 3.50. The number of allylic oxidation sites excluding steroid dienone is 2. The second-order valence-corrected chi connectivity index (χ2v) is 10.2. The van der Waals surface area contributed by atoms with Crippen LogP contribution >= 0.6 is 23.1 Å². The monoisotopic (exact) mass is 649 g/mol. The van der Waals surface area contributed by atoms with Gasteiger partial charge in [0.2, 0.25) is 12.5 Å². The van der Waals surface area contributed by atoms with E-state index < -0.39 is 71.5 Å². The van der Waals surface area contributed by atoms with Gasteiger partial charge in [-0.3, -0.25) is 14.5 Å². The van der Waals surface area contributed by atoms with Crippen molar-refractivity contribution in [2.75, 3.05) is 25.2 Å². The zero-order valence-corrected chi connectivity index (χ0v) is 23.3. The number of carbonyl (C=O) groups is 4. The molecule has 2 aliphatic heterocycles. The van der Waals surface area contributed by atoms with Crippen LogP contribution in [-0.4, -0.2) is 76.6 Å². The van der Waals surface area contributed by atoms with Gasteiger partial charge in [-0.1, -0.05) is 5.16 Å². The van der Waals surface area contributed by atoms with E-state index in [0.717, 1.165) is 35.1 Å². The third-order valence-electron chi connectivity index (χ3n) is 5.31. The predicted octanol–water partition coefficient (Wildman–Crippen LogP) is 1.42. The topological polar surface area (TPSA) is 215 Å². The number of hydrogen-bond donors (Lipinski definition) is 2. The molecule has 3 N–H and O–H groups in total. The molecule has 2 amide bonds. The number of oxime groups is 1. The van der Waals surface area contributed by atoms with Gasteiger partial charge in [0.1, 0.15) is 17.1 Å². The first-order valence-corrected chi connectivity index (χ1v) is 13.4. The van der Waals surface area contributed by atoms with Crippen LogP contribution in [0.25, 0.3) is 0 Å². The number of halogens is 3. The zero-order valence-electron chi connectivity index (χ0n) is 21.7. The Labute approximate surface area is 245 Å². The molecule has 230 valence electrons. The van der Waals surface area contributed by atoms with Gasteiger partial charge in [0.15, 0.2) is 16.6 Å². The second-order valence-electron chi connectivity index (χ2n) is 8.18. The van der Waals surface area contributed by atoms with E-state index in [9.17, 15) is 37.1 Å². The van der Waals surface area contributed by atoms with Gasteiger partial charge < -0.3 is 38.9 Å². The average molecular weight is 650 g/mol. The molecular weight excluding hydrogens is 631 g/mol. The number of fused-ring (bicyclic) bond motifs is 1. The summed E-state index contributed by atoms with van der Waals surface area (Å²) < 4.78 is 62.0. The molecule has 1 unspecified atom stereocenters. The van der Waals surface area contributed by atoms with Crippen molar-refractivity contribution < 1.29 is 60.2 Å². The standard InChI is InChI=1S/C22H18F3N5O11S2/c1-8-18(40-20(34)38-8)41-21(35)39-16-9(3-4-22(23,24)25)6-42-17-13(15(33)30(16)17)28-14(32)12(10-7-43-19(26)27-10)29-37-5-11(31)36-2/h3-4,7,13,17H,5-6H2,1-2H3,(H2,26,27)(H,28,32)/t13?,17-/m0/s1. The van der Waals surface area contributed by atoms with Crippen molar-refractivity contribution >= 4 is 57.9 Å². The largest absolute Gasteiger partial charge is 0.523 e. The number of esters is 1. The van der Waals surface area contributed by atoms with E-state index in [1.807, 2.05) is 0 Å². The minimum absolute atomic E-state index is 0.0442. The molecule has 2 aromatic heterocycles. The highest BCUT2D eigenvalue weighted by atomic mass is 32.2. The molecule has 1 fully saturated rings. The molecule has 4 rings (SSSR count). The number of aromatic nitrogens is 1. The van der Waals surface area contributed by atoms with E-state index in [2.05, 4.69) is 29.0 Å². The van der Waals surface area contributed by atoms with Gasteiger partial charge in [0, 0.05) is 29.7 Å². The lowest BCUT2D eigenvalue weighted by molar-refractivity contribution is -0.148. The summed E-state index contributed by atoms with van der Waals surface area (Å²) in [7, 11) is 1.10. The summed E-state index contributed by atoms with van der Waals surface area (Å²) >= 11 is 1.91. The maximum atomic E-state index is 13.1. The van der Waals surface area contributed by atoms with Gasteiger partial charge in [0.25, 0.3) is 11.8 Å². The Hall–Kier alpha value is -4.79. The first-order chi connectivity index (χ1) is 20.3. The van der Waals surface area contributed by atoms with Crippen LogP contribution < -0.4 is 21.6 Å². The highest BCUT2D eigenvalue weighted by Crippen LogP contribution is 2.41. The molecule has 16 nitrogen and oxygen atoms in total. The number of rotatable bonds is 9. The Morgan fingerprint density at radius 2 is 2.02 bits per heavy atom. The molecule has 0 aliphatic carbocycles. The number of thiazole rings is 1. The number of alkyl halides is 3. The van der Waals surface area contributed by atoms with Gasteiger partial charge >= 0.3 is 30.1 Å². The number of β-lactam (4-membered cyclic amide) rings is 1. The lowest BCUT2D eigenvalue weighted by Gasteiger charge is -2.48. The fourth-order valence-electron chi connectivity index (χ4n) is 3.43. The van der Waals surface area contributed by atoms with Gasteiger partial charge in [0.05, 0.1) is 7.11 Å². The number of ether oxygens (including phenoxy) is 3. The lowest BCUT2D eigenvalue weighted by Crippen LogP contribution is -2.70. The third-order valence-corrected chi connectivity index (χ3v) is 7.28. The molecule has 0 saturated carbocycles. The number of nitrogens with one attached hydrogen (secondary N) is 1. The van der Waals surface area contributed by atoms with Crippen LogP contribution in [0.3, 0.4) is 0 Å². The van der Waals surface area contributed by atoms with Crippen molar-refractivity contribution in [2.24, 2.45) is 5.16 Å². The highest BCUT2D eigenvalue weighted by Gasteiger charge is 2.54. The molecule has 1 saturated heterocycles. The van der Waals surface area contributed by atoms with Crippen molar-refractivity contribution in [2.45, 2.75) is 24.5 Å². The summed E-state index contributed by atoms with van der Waals surface area (Å²) in [4.78, 5) is 70.8. The van der Waals surface area contributed by atoms with Crippen molar-refractivity contribution in [3.05, 3.63) is 51.1 Å². The molecule has 21 heteroatoms. The molecule has 0 aromatic carbocycles. The Kier molecular flexibility index (Phi) is 9.13. The Balaban J connectivity index is 1.55. The molecule has 2 aromatic rings. The molecule has 0 radical (unpaired) electrons. The molecule has 0 spiro atoms. The van der Waals surface area contributed by atoms with Crippen LogP contribution in [0.15, 0.2) is 47.8 Å². The molecule has 2 aliphatic rings. The van der Waals surface area contributed by atoms with Crippen molar-refractivity contribution in [3.8, 4) is 5.95 Å². The summed E-state index contributed by atoms with van der Waals surface area (Å²) in [6, 6.07) is -1.28. The maximum Gasteiger partial charge on any atom is 0.523 e. The lowest BCUT2D eigenvalue weighted by atomic mass is 10.1. The van der Waals surface area contributed by atoms with Crippen LogP contribution in [0.2, 0.25) is 0 Å². The van der Waals surface area contributed by atoms with Crippen LogP contribution in [-0.2, 0) is 28.7 Å². The first-order valence-electron chi connectivity index (χ1n) is 11.5. The van der Waals surface area contributed by atoms with Gasteiger partial charge in [-0.15, -0.1) is 23.1 Å². The molecule has 4 heterocycles. The van der Waals surface area contributed by atoms with E-state index in [1.165, 1.54) is 12.3 Å². The second kappa shape index (κ2) is 12.6. The van der Waals surface area contributed by atoms with Crippen molar-refractivity contribution in [1.82, 2.24) is 15.2 Å². The molecular formula is C22H18F3N5O11S2. The first kappa shape index (κ1) is 31.2. The number of amides is 2. The Morgan fingerprint density at radius 1 is 1.28 bits per heavy atom. The zero-order chi connectivity index (χ0) is 31.5. The van der Waals surface area contributed by atoms with E-state index in [-0.39, 0.29) is 34.0 Å². The number of carbonyl (C=O) groups excluding carboxylic acids is 4. The van der Waals surface area contributed by atoms with E-state index in [0.29, 0.717) is 6.08 Å². The van der Waals surface area contributed by atoms with Gasteiger partial charge in [-0.05, 0) is 6.08 Å². The summed E-state index contributed by atoms with van der Waals surface area (Å²) in [6.45, 7) is 0.570. The Morgan fingerprint density at radius 3 is 2.63 bits per heavy atom. The summed E-state index contributed by atoms with van der Waals surface area (Å²) in [5.74, 6) is -5.59. The number of thioether (sulfide) groups is 1. The summed E-state index contributed by atoms with van der Waals surface area (Å²) in [5, 5.41) is 6.49. The predicted molar refractivity (Wildman–Crippen MR) is 137 cm³/mol. The number of nitrogens with zero attached hydrogens (tertiary/aromatic N) is 3. The van der Waals surface area contributed by atoms with Gasteiger partial charge in [-0.25, -0.2) is 19.4 Å². The smallest absolute Gasteiger partial charge is 0.466 e. The third kappa shape index (κ3) is 7.35. The van der Waals surface area contributed by atoms with Crippen molar-refractivity contribution in [3.63, 3.8) is 0 Å². The van der Waals surface area contributed by atoms with Crippen LogP contribution in [0.1, 0.15) is 11.5 Å². The van der Waals surface area contributed by atoms with Crippen LogP contribution in [0.4, 0.5) is 23.1 Å². The molecule has 43 heavy (non-hydrogen) atoms. The number of nitrogen functional groups attached to an aromatic ring is 1. The molecule has 2 atom stereocenters. The number of nitrogens with two attached hydrogens (primary N) is 1. The minimum atomic E-state index is -4.74. The maximum absolute atomic E-state index is 13.1. The molecule has 0 bridgehead atoms. The van der Waals surface area contributed by atoms with E-state index in [4.69, 9.17) is 20.0 Å². The van der Waals surface area contributed by atoms with E-state index >= 15 is 0 Å². The SMILES string of the molecule is COC(=O)CON=C(C(=O)NC1C(=O)N2C(OC(=O)Oc3oc(=O)oc3C)=C(C=CC(F)(F)F)CS[C@@H]12)c1csc(N)n1. The Bertz CT molecular complexity index is 1590. The summed E-state index contributed by atoms with van der Waals surface area (Å²) in [6.07, 6.45) is -5.83. The quantitative estimate of drug-likeness (QED) is 0.170. The fourth-order valence-corrected chi connectivity index (χ4v) is 5.27.